The first-order valence-corrected chi connectivity index (χ1v) is 6.59. The van der Waals surface area contributed by atoms with E-state index < -0.39 is 0 Å². The van der Waals surface area contributed by atoms with Crippen LogP contribution in [0.2, 0.25) is 0 Å². The van der Waals surface area contributed by atoms with Crippen molar-refractivity contribution < 1.29 is 9.47 Å². The van der Waals surface area contributed by atoms with Crippen molar-refractivity contribution in [1.82, 2.24) is 20.1 Å². The van der Waals surface area contributed by atoms with Gasteiger partial charge in [0.1, 0.15) is 12.9 Å². The summed E-state index contributed by atoms with van der Waals surface area (Å²) in [6.07, 6.45) is 1.54. The minimum absolute atomic E-state index is 0.368. The Morgan fingerprint density at radius 2 is 2.15 bits per heavy atom. The zero-order valence-corrected chi connectivity index (χ0v) is 12.1. The lowest BCUT2D eigenvalue weighted by molar-refractivity contribution is 0.269. The summed E-state index contributed by atoms with van der Waals surface area (Å²) in [5.41, 5.74) is 1.14. The van der Waals surface area contributed by atoms with E-state index in [9.17, 15) is 0 Å². The normalized spacial score (nSPS) is 10.6. The summed E-state index contributed by atoms with van der Waals surface area (Å²) < 4.78 is 13.0. The standard InChI is InChI=1S/C14H20N4O2/c1-4-18-14(16-10-17-18)9-20-13-7-11(8-15-2)5-6-12(13)19-3/h5-7,10,15H,4,8-9H2,1-3H3. The van der Waals surface area contributed by atoms with E-state index in [1.807, 2.05) is 36.9 Å². The highest BCUT2D eigenvalue weighted by atomic mass is 16.5. The Hall–Kier alpha value is -2.08. The van der Waals surface area contributed by atoms with Crippen LogP contribution in [0.5, 0.6) is 11.5 Å². The third-order valence-electron chi connectivity index (χ3n) is 2.96. The maximum atomic E-state index is 5.83. The van der Waals surface area contributed by atoms with E-state index in [1.54, 1.807) is 7.11 Å². The van der Waals surface area contributed by atoms with Gasteiger partial charge in [-0.3, -0.25) is 0 Å². The summed E-state index contributed by atoms with van der Waals surface area (Å²) in [4.78, 5) is 4.19. The molecule has 2 aromatic rings. The second kappa shape index (κ2) is 6.91. The minimum atomic E-state index is 0.368. The second-order valence-electron chi connectivity index (χ2n) is 4.30. The molecule has 0 aliphatic heterocycles. The van der Waals surface area contributed by atoms with E-state index >= 15 is 0 Å². The van der Waals surface area contributed by atoms with Gasteiger partial charge in [0.25, 0.3) is 0 Å². The zero-order chi connectivity index (χ0) is 14.4. The van der Waals surface area contributed by atoms with Crippen LogP contribution in [0, 0.1) is 0 Å². The molecule has 0 atom stereocenters. The molecule has 20 heavy (non-hydrogen) atoms. The molecule has 1 N–H and O–H groups in total. The Morgan fingerprint density at radius 1 is 1.30 bits per heavy atom. The third kappa shape index (κ3) is 3.27. The molecule has 0 aliphatic carbocycles. The summed E-state index contributed by atoms with van der Waals surface area (Å²) in [5, 5.41) is 7.23. The molecular weight excluding hydrogens is 256 g/mol. The van der Waals surface area contributed by atoms with Gasteiger partial charge in [0.05, 0.1) is 7.11 Å². The Kier molecular flexibility index (Phi) is 4.95. The molecule has 0 aliphatic rings. The first-order chi connectivity index (χ1) is 9.78. The zero-order valence-electron chi connectivity index (χ0n) is 12.1. The largest absolute Gasteiger partial charge is 0.493 e. The molecule has 0 spiro atoms. The molecule has 6 heteroatoms. The van der Waals surface area contributed by atoms with E-state index in [-0.39, 0.29) is 0 Å². The van der Waals surface area contributed by atoms with Gasteiger partial charge in [-0.05, 0) is 31.7 Å². The Balaban J connectivity index is 2.12. The molecule has 6 nitrogen and oxygen atoms in total. The SMILES string of the molecule is CCn1ncnc1COc1cc(CNC)ccc1OC. The van der Waals surface area contributed by atoms with Gasteiger partial charge in [0, 0.05) is 13.1 Å². The van der Waals surface area contributed by atoms with Crippen molar-refractivity contribution in [1.29, 1.82) is 0 Å². The maximum absolute atomic E-state index is 5.83. The fourth-order valence-corrected chi connectivity index (χ4v) is 1.95. The Labute approximate surface area is 118 Å². The van der Waals surface area contributed by atoms with Crippen LogP contribution in [-0.4, -0.2) is 28.9 Å². The molecule has 0 saturated heterocycles. The van der Waals surface area contributed by atoms with Crippen LogP contribution in [0.3, 0.4) is 0 Å². The number of benzene rings is 1. The topological polar surface area (TPSA) is 61.2 Å². The van der Waals surface area contributed by atoms with Gasteiger partial charge in [0.15, 0.2) is 17.3 Å². The summed E-state index contributed by atoms with van der Waals surface area (Å²) >= 11 is 0. The molecule has 0 bridgehead atoms. The summed E-state index contributed by atoms with van der Waals surface area (Å²) in [6.45, 7) is 3.95. The number of rotatable bonds is 7. The molecule has 0 saturated carbocycles. The van der Waals surface area contributed by atoms with Gasteiger partial charge in [-0.1, -0.05) is 6.07 Å². The first kappa shape index (κ1) is 14.3. The van der Waals surface area contributed by atoms with Crippen molar-refractivity contribution >= 4 is 0 Å². The van der Waals surface area contributed by atoms with Crippen molar-refractivity contribution in [2.45, 2.75) is 26.6 Å². The van der Waals surface area contributed by atoms with E-state index in [4.69, 9.17) is 9.47 Å². The van der Waals surface area contributed by atoms with E-state index in [1.165, 1.54) is 6.33 Å². The highest BCUT2D eigenvalue weighted by molar-refractivity contribution is 5.42. The van der Waals surface area contributed by atoms with Crippen LogP contribution in [0.1, 0.15) is 18.3 Å². The number of nitrogens with one attached hydrogen (secondary N) is 1. The van der Waals surface area contributed by atoms with Gasteiger partial charge in [-0.2, -0.15) is 5.10 Å². The van der Waals surface area contributed by atoms with Crippen LogP contribution in [0.4, 0.5) is 0 Å². The monoisotopic (exact) mass is 276 g/mol. The van der Waals surface area contributed by atoms with Gasteiger partial charge in [-0.15, -0.1) is 0 Å². The van der Waals surface area contributed by atoms with Gasteiger partial charge in [0.2, 0.25) is 0 Å². The summed E-state index contributed by atoms with van der Waals surface area (Å²) in [6, 6.07) is 5.89. The van der Waals surface area contributed by atoms with Gasteiger partial charge < -0.3 is 14.8 Å². The molecule has 0 amide bonds. The molecule has 0 fully saturated rings. The van der Waals surface area contributed by atoms with Crippen LogP contribution >= 0.6 is 0 Å². The Morgan fingerprint density at radius 3 is 2.85 bits per heavy atom. The molecule has 108 valence electrons. The average molecular weight is 276 g/mol. The van der Waals surface area contributed by atoms with E-state index in [0.717, 1.165) is 24.5 Å². The fraction of sp³-hybridized carbons (Fsp3) is 0.429. The molecule has 0 unspecified atom stereocenters. The highest BCUT2D eigenvalue weighted by Crippen LogP contribution is 2.28. The molecule has 1 aromatic heterocycles. The minimum Gasteiger partial charge on any atom is -0.493 e. The molecule has 1 heterocycles. The molecular formula is C14H20N4O2. The van der Waals surface area contributed by atoms with Crippen molar-refractivity contribution in [2.75, 3.05) is 14.2 Å². The smallest absolute Gasteiger partial charge is 0.164 e. The quantitative estimate of drug-likeness (QED) is 0.832. The van der Waals surface area contributed by atoms with E-state index in [0.29, 0.717) is 18.1 Å². The second-order valence-corrected chi connectivity index (χ2v) is 4.30. The average Bonchev–Trinajstić information content (AvgIpc) is 2.93. The number of methoxy groups -OCH3 is 1. The molecule has 0 radical (unpaired) electrons. The van der Waals surface area contributed by atoms with E-state index in [2.05, 4.69) is 15.4 Å². The fourth-order valence-electron chi connectivity index (χ4n) is 1.95. The highest BCUT2D eigenvalue weighted by Gasteiger charge is 2.08. The van der Waals surface area contributed by atoms with Crippen LogP contribution in [-0.2, 0) is 19.7 Å². The predicted molar refractivity (Wildman–Crippen MR) is 75.8 cm³/mol. The number of nitrogens with zero attached hydrogens (tertiary/aromatic N) is 3. The van der Waals surface area contributed by atoms with Crippen LogP contribution in [0.15, 0.2) is 24.5 Å². The number of aromatic nitrogens is 3. The number of hydrogen-bond acceptors (Lipinski definition) is 5. The van der Waals surface area contributed by atoms with Gasteiger partial charge >= 0.3 is 0 Å². The molecule has 2 rings (SSSR count). The first-order valence-electron chi connectivity index (χ1n) is 6.59. The number of aryl methyl sites for hydroxylation is 1. The van der Waals surface area contributed by atoms with Crippen molar-refractivity contribution in [3.8, 4) is 11.5 Å². The summed E-state index contributed by atoms with van der Waals surface area (Å²) in [7, 11) is 3.54. The van der Waals surface area contributed by atoms with Crippen molar-refractivity contribution in [3.63, 3.8) is 0 Å². The number of hydrogen-bond donors (Lipinski definition) is 1. The van der Waals surface area contributed by atoms with Gasteiger partial charge in [-0.25, -0.2) is 9.67 Å². The lowest BCUT2D eigenvalue weighted by Crippen LogP contribution is -2.09. The Bertz CT molecular complexity index is 554. The van der Waals surface area contributed by atoms with Crippen molar-refractivity contribution in [2.24, 2.45) is 0 Å². The number of ether oxygens (including phenoxy) is 2. The maximum Gasteiger partial charge on any atom is 0.164 e. The molecule has 1 aromatic carbocycles. The van der Waals surface area contributed by atoms with Crippen molar-refractivity contribution in [3.05, 3.63) is 35.9 Å². The third-order valence-corrected chi connectivity index (χ3v) is 2.96. The predicted octanol–water partition coefficient (Wildman–Crippen LogP) is 1.60. The lowest BCUT2D eigenvalue weighted by Gasteiger charge is -2.12. The van der Waals surface area contributed by atoms with Crippen LogP contribution < -0.4 is 14.8 Å². The summed E-state index contributed by atoms with van der Waals surface area (Å²) in [5.74, 6) is 2.23. The van der Waals surface area contributed by atoms with Crippen LogP contribution in [0.25, 0.3) is 0 Å². The lowest BCUT2D eigenvalue weighted by atomic mass is 10.2.